The van der Waals surface area contributed by atoms with Gasteiger partial charge in [-0.25, -0.2) is 0 Å². The van der Waals surface area contributed by atoms with Crippen molar-refractivity contribution in [2.45, 2.75) is 37.5 Å². The van der Waals surface area contributed by atoms with Crippen LogP contribution in [0.25, 0.3) is 82.8 Å². The Morgan fingerprint density at radius 3 is 2.00 bits per heavy atom. The molecule has 11 rings (SSSR count). The van der Waals surface area contributed by atoms with Crippen molar-refractivity contribution >= 4 is 43.7 Å². The highest BCUT2D eigenvalue weighted by Gasteiger charge is 2.43. The number of aromatic nitrogens is 1. The van der Waals surface area contributed by atoms with Gasteiger partial charge in [-0.1, -0.05) is 171 Å². The Hall–Kier alpha value is -7.78. The second-order valence-corrected chi connectivity index (χ2v) is 17.1. The van der Waals surface area contributed by atoms with Gasteiger partial charge in [-0.05, 0) is 105 Å². The van der Waals surface area contributed by atoms with E-state index < -0.39 is 0 Å². The topological polar surface area (TPSA) is 18.1 Å². The minimum absolute atomic E-state index is 0.0710. The van der Waals surface area contributed by atoms with E-state index in [4.69, 9.17) is 17.3 Å². The van der Waals surface area contributed by atoms with Crippen LogP contribution in [0.4, 0.5) is 0 Å². The maximum atomic E-state index is 6.97. The lowest BCUT2D eigenvalue weighted by atomic mass is 9.72. The molecule has 2 heteroatoms. The zero-order valence-corrected chi connectivity index (χ0v) is 34.8. The number of fused-ring (bicyclic) bond motifs is 13. The summed E-state index contributed by atoms with van der Waals surface area (Å²) in [5.41, 5.74) is 17.6. The molecule has 2 aromatic heterocycles. The Labute approximate surface area is 362 Å². The molecule has 0 unspecified atom stereocenters. The summed E-state index contributed by atoms with van der Waals surface area (Å²) in [6.07, 6.45) is 28.6. The lowest BCUT2D eigenvalue weighted by Crippen LogP contribution is -2.24. The van der Waals surface area contributed by atoms with Crippen LogP contribution in [-0.4, -0.2) is 4.57 Å². The molecule has 9 aromatic rings. The number of furan rings is 1. The van der Waals surface area contributed by atoms with Gasteiger partial charge < -0.3 is 8.98 Å². The van der Waals surface area contributed by atoms with Crippen LogP contribution in [-0.2, 0) is 10.8 Å². The summed E-state index contributed by atoms with van der Waals surface area (Å²) in [6, 6.07) is 51.5. The quantitative estimate of drug-likeness (QED) is 0.111. The minimum Gasteiger partial charge on any atom is -0.454 e. The van der Waals surface area contributed by atoms with Gasteiger partial charge in [0.1, 0.15) is 5.58 Å². The summed E-state index contributed by atoms with van der Waals surface area (Å²) in [6.45, 7) is 4.68. The smallest absolute Gasteiger partial charge is 0.159 e. The van der Waals surface area contributed by atoms with Gasteiger partial charge >= 0.3 is 0 Å². The Balaban J connectivity index is 1.12. The molecular weight excluding hydrogens is 751 g/mol. The van der Waals surface area contributed by atoms with E-state index in [1.807, 2.05) is 12.2 Å². The molecule has 0 aliphatic heterocycles. The maximum absolute atomic E-state index is 6.97. The van der Waals surface area contributed by atoms with Crippen LogP contribution >= 0.6 is 0 Å². The van der Waals surface area contributed by atoms with Crippen molar-refractivity contribution in [3.8, 4) is 63.8 Å². The molecule has 0 amide bonds. The molecule has 0 bridgehead atoms. The number of rotatable bonds is 8. The number of para-hydroxylation sites is 2. The average molecular weight is 794 g/mol. The molecular formula is C60H43NO. The van der Waals surface area contributed by atoms with Crippen LogP contribution in [0.5, 0.6) is 0 Å². The maximum Gasteiger partial charge on any atom is 0.159 e. The van der Waals surface area contributed by atoms with Gasteiger partial charge in [0.2, 0.25) is 0 Å². The van der Waals surface area contributed by atoms with Gasteiger partial charge in [-0.15, -0.1) is 12.8 Å². The fraction of sp³-hybridized carbons (Fsp3) is 0.100. The van der Waals surface area contributed by atoms with Crippen LogP contribution < -0.4 is 0 Å². The summed E-state index contributed by atoms with van der Waals surface area (Å²) >= 11 is 0. The third-order valence-electron chi connectivity index (χ3n) is 13.5. The van der Waals surface area contributed by atoms with Gasteiger partial charge in [0.15, 0.2) is 5.58 Å². The zero-order valence-electron chi connectivity index (χ0n) is 34.8. The number of hydrogen-bond acceptors (Lipinski definition) is 1. The highest BCUT2D eigenvalue weighted by Crippen LogP contribution is 2.57. The molecule has 0 spiro atoms. The summed E-state index contributed by atoms with van der Waals surface area (Å²) in [4.78, 5) is 0. The molecule has 2 heterocycles. The number of hydrogen-bond donors (Lipinski definition) is 0. The minimum atomic E-state index is -0.334. The van der Waals surface area contributed by atoms with E-state index >= 15 is 0 Å². The molecule has 7 aromatic carbocycles. The Morgan fingerprint density at radius 1 is 0.548 bits per heavy atom. The van der Waals surface area contributed by atoms with Crippen molar-refractivity contribution in [2.75, 3.05) is 0 Å². The van der Waals surface area contributed by atoms with Crippen molar-refractivity contribution in [2.24, 2.45) is 0 Å². The SMILES string of the molecule is C#C/C=C\C=C/CC1(C/C=C\C=C/C#C)c2ccccc2-c2c1ccc1c3ccccc3n(-c3cccc4c3oc3ccc(-c5ccc6c(c5)C(C)(C)c5ccccc5-6)cc34)c21. The van der Waals surface area contributed by atoms with E-state index in [1.54, 1.807) is 12.2 Å². The van der Waals surface area contributed by atoms with E-state index in [0.29, 0.717) is 0 Å². The largest absolute Gasteiger partial charge is 0.454 e. The molecule has 0 saturated heterocycles. The second kappa shape index (κ2) is 14.4. The fourth-order valence-corrected chi connectivity index (χ4v) is 10.7. The average Bonchev–Trinajstić information content (AvgIpc) is 4.00. The van der Waals surface area contributed by atoms with Crippen LogP contribution in [0.15, 0.2) is 193 Å². The van der Waals surface area contributed by atoms with Gasteiger partial charge in [0, 0.05) is 37.9 Å². The predicted octanol–water partition coefficient (Wildman–Crippen LogP) is 15.2. The van der Waals surface area contributed by atoms with E-state index in [0.717, 1.165) is 46.0 Å². The van der Waals surface area contributed by atoms with Crippen LogP contribution in [0, 0.1) is 24.7 Å². The first-order valence-corrected chi connectivity index (χ1v) is 21.4. The first kappa shape index (κ1) is 37.2. The Morgan fingerprint density at radius 2 is 1.21 bits per heavy atom. The fourth-order valence-electron chi connectivity index (χ4n) is 10.7. The second-order valence-electron chi connectivity index (χ2n) is 17.1. The van der Waals surface area contributed by atoms with E-state index in [-0.39, 0.29) is 10.8 Å². The molecule has 2 aliphatic carbocycles. The van der Waals surface area contributed by atoms with Crippen molar-refractivity contribution < 1.29 is 4.42 Å². The predicted molar refractivity (Wildman–Crippen MR) is 261 cm³/mol. The molecule has 2 nitrogen and oxygen atoms in total. The summed E-state index contributed by atoms with van der Waals surface area (Å²) in [5, 5.41) is 4.61. The molecule has 62 heavy (non-hydrogen) atoms. The van der Waals surface area contributed by atoms with Crippen LogP contribution in [0.3, 0.4) is 0 Å². The summed E-state index contributed by atoms with van der Waals surface area (Å²) in [5.74, 6) is 5.23. The first-order chi connectivity index (χ1) is 30.4. The highest BCUT2D eigenvalue weighted by molar-refractivity contribution is 6.17. The van der Waals surface area contributed by atoms with Crippen molar-refractivity contribution in [3.05, 3.63) is 210 Å². The van der Waals surface area contributed by atoms with Gasteiger partial charge in [0.05, 0.1) is 16.7 Å². The highest BCUT2D eigenvalue weighted by atomic mass is 16.3. The third-order valence-corrected chi connectivity index (χ3v) is 13.5. The van der Waals surface area contributed by atoms with Crippen molar-refractivity contribution in [1.29, 1.82) is 0 Å². The molecule has 0 saturated carbocycles. The summed E-state index contributed by atoms with van der Waals surface area (Å²) in [7, 11) is 0. The number of terminal acetylenes is 2. The molecule has 0 fully saturated rings. The van der Waals surface area contributed by atoms with Crippen LogP contribution in [0.2, 0.25) is 0 Å². The molecule has 0 N–H and O–H groups in total. The number of allylic oxidation sites excluding steroid dienone is 8. The Kier molecular flexibility index (Phi) is 8.68. The van der Waals surface area contributed by atoms with Gasteiger partial charge in [0.25, 0.3) is 0 Å². The van der Waals surface area contributed by atoms with Crippen molar-refractivity contribution in [3.63, 3.8) is 0 Å². The molecule has 294 valence electrons. The number of nitrogens with zero attached hydrogens (tertiary/aromatic N) is 1. The van der Waals surface area contributed by atoms with E-state index in [2.05, 4.69) is 194 Å². The summed E-state index contributed by atoms with van der Waals surface area (Å²) < 4.78 is 9.42. The molecule has 0 radical (unpaired) electrons. The molecule has 2 aliphatic rings. The van der Waals surface area contributed by atoms with E-state index in [9.17, 15) is 0 Å². The van der Waals surface area contributed by atoms with Gasteiger partial charge in [-0.2, -0.15) is 0 Å². The van der Waals surface area contributed by atoms with E-state index in [1.165, 1.54) is 71.9 Å². The lowest BCUT2D eigenvalue weighted by molar-refractivity contribution is 0.542. The Bertz CT molecular complexity index is 3490. The standard InChI is InChI=1S/C60H43NO/c1-5-7-9-11-19-36-60(37-20-12-10-8-6-2)50-27-17-14-24-47(50)56-51(60)34-33-45-44-23-15-18-28-53(44)61(57(45)56)54-29-21-25-46-48-38-40(31-35-55(48)62-58(46)54)41-30-32-43-42-22-13-16-26-49(42)59(3,4)52(43)39-41/h1-2,7-35,38-39H,36-37H2,3-4H3/b9-7-,10-8-,19-11-,20-12-. The monoisotopic (exact) mass is 793 g/mol. The zero-order chi connectivity index (χ0) is 42.0. The third kappa shape index (κ3) is 5.47. The lowest BCUT2D eigenvalue weighted by Gasteiger charge is -2.30. The normalized spacial score (nSPS) is 14.7. The number of benzene rings is 7. The first-order valence-electron chi connectivity index (χ1n) is 21.4. The van der Waals surface area contributed by atoms with Gasteiger partial charge in [-0.3, -0.25) is 0 Å². The van der Waals surface area contributed by atoms with Crippen LogP contribution in [0.1, 0.15) is 48.9 Å². The van der Waals surface area contributed by atoms with Crippen molar-refractivity contribution in [1.82, 2.24) is 4.57 Å². The molecule has 0 atom stereocenters.